The maximum absolute atomic E-state index is 11.1. The van der Waals surface area contributed by atoms with Crippen LogP contribution < -0.4 is 10.1 Å². The van der Waals surface area contributed by atoms with Crippen molar-refractivity contribution in [3.8, 4) is 5.75 Å². The molecule has 0 heterocycles. The molecule has 0 bridgehead atoms. The molecule has 134 valence electrons. The molecule has 1 aliphatic carbocycles. The van der Waals surface area contributed by atoms with Gasteiger partial charge in [0.15, 0.2) is 0 Å². The Morgan fingerprint density at radius 2 is 1.88 bits per heavy atom. The predicted octanol–water partition coefficient (Wildman–Crippen LogP) is 3.03. The first-order valence-corrected chi connectivity index (χ1v) is 8.93. The topological polar surface area (TPSA) is 50.7 Å². The van der Waals surface area contributed by atoms with E-state index in [9.17, 15) is 5.11 Å². The van der Waals surface area contributed by atoms with E-state index in [2.05, 4.69) is 17.4 Å². The normalized spacial score (nSPS) is 19.4. The summed E-state index contributed by atoms with van der Waals surface area (Å²) in [7, 11) is 1.66. The molecule has 0 fully saturated rings. The number of aliphatic hydroxyl groups is 1. The molecule has 0 radical (unpaired) electrons. The van der Waals surface area contributed by atoms with Gasteiger partial charge in [0.25, 0.3) is 0 Å². The van der Waals surface area contributed by atoms with Gasteiger partial charge in [-0.3, -0.25) is 0 Å². The van der Waals surface area contributed by atoms with Crippen molar-refractivity contribution >= 4 is 0 Å². The van der Waals surface area contributed by atoms with Crippen molar-refractivity contribution < 1.29 is 14.6 Å². The van der Waals surface area contributed by atoms with Crippen LogP contribution in [0.5, 0.6) is 5.75 Å². The van der Waals surface area contributed by atoms with Crippen molar-refractivity contribution in [1.82, 2.24) is 5.32 Å². The largest absolute Gasteiger partial charge is 0.491 e. The number of nitrogens with one attached hydrogen (secondary N) is 1. The number of fused-ring (bicyclic) bond motifs is 1. The fraction of sp³-hybridized carbons (Fsp3) is 0.429. The monoisotopic (exact) mass is 341 g/mol. The van der Waals surface area contributed by atoms with Gasteiger partial charge in [0, 0.05) is 20.2 Å². The highest BCUT2D eigenvalue weighted by Gasteiger charge is 2.33. The Labute approximate surface area is 149 Å². The first kappa shape index (κ1) is 17.9. The van der Waals surface area contributed by atoms with Gasteiger partial charge in [-0.15, -0.1) is 0 Å². The van der Waals surface area contributed by atoms with Crippen LogP contribution in [-0.4, -0.2) is 32.0 Å². The Kier molecular flexibility index (Phi) is 6.08. The standard InChI is InChI=1S/C21H27NO3/c1-24-13-14-25-19-10-8-17(9-11-19)15-22-16-21(23)12-4-6-18-5-2-3-7-20(18)21/h2-3,5,7-11,22-23H,4,6,12-16H2,1H3. The number of methoxy groups -OCH3 is 1. The average Bonchev–Trinajstić information content (AvgIpc) is 2.64. The quantitative estimate of drug-likeness (QED) is 0.725. The van der Waals surface area contributed by atoms with E-state index in [4.69, 9.17) is 9.47 Å². The van der Waals surface area contributed by atoms with Crippen molar-refractivity contribution in [3.05, 3.63) is 65.2 Å². The molecule has 1 atom stereocenters. The SMILES string of the molecule is COCCOc1ccc(CNCC2(O)CCCc3ccccc32)cc1. The number of hydrogen-bond donors (Lipinski definition) is 2. The number of hydrogen-bond acceptors (Lipinski definition) is 4. The Hall–Kier alpha value is -1.88. The smallest absolute Gasteiger partial charge is 0.119 e. The lowest BCUT2D eigenvalue weighted by molar-refractivity contribution is 0.0189. The van der Waals surface area contributed by atoms with Crippen LogP contribution in [0, 0.1) is 0 Å². The highest BCUT2D eigenvalue weighted by atomic mass is 16.5. The van der Waals surface area contributed by atoms with Gasteiger partial charge in [0.05, 0.1) is 6.61 Å². The molecule has 0 aromatic heterocycles. The van der Waals surface area contributed by atoms with Gasteiger partial charge in [-0.25, -0.2) is 0 Å². The molecule has 1 unspecified atom stereocenters. The number of aryl methyl sites for hydroxylation is 1. The number of rotatable bonds is 8. The summed E-state index contributed by atoms with van der Waals surface area (Å²) in [5.41, 5.74) is 2.76. The number of ether oxygens (including phenoxy) is 2. The van der Waals surface area contributed by atoms with Gasteiger partial charge in [-0.2, -0.15) is 0 Å². The van der Waals surface area contributed by atoms with Gasteiger partial charge >= 0.3 is 0 Å². The molecule has 0 saturated heterocycles. The maximum atomic E-state index is 11.1. The van der Waals surface area contributed by atoms with E-state index in [0.717, 1.165) is 37.1 Å². The molecule has 0 spiro atoms. The minimum atomic E-state index is -0.766. The zero-order valence-electron chi connectivity index (χ0n) is 14.8. The Bertz CT molecular complexity index is 671. The highest BCUT2D eigenvalue weighted by Crippen LogP contribution is 2.34. The fourth-order valence-electron chi connectivity index (χ4n) is 3.44. The van der Waals surface area contributed by atoms with E-state index >= 15 is 0 Å². The van der Waals surface area contributed by atoms with Crippen molar-refractivity contribution in [1.29, 1.82) is 0 Å². The summed E-state index contributed by atoms with van der Waals surface area (Å²) >= 11 is 0. The van der Waals surface area contributed by atoms with Gasteiger partial charge in [-0.1, -0.05) is 36.4 Å². The predicted molar refractivity (Wildman–Crippen MR) is 98.8 cm³/mol. The van der Waals surface area contributed by atoms with Crippen molar-refractivity contribution in [2.45, 2.75) is 31.4 Å². The van der Waals surface area contributed by atoms with Crippen LogP contribution in [0.15, 0.2) is 48.5 Å². The zero-order valence-corrected chi connectivity index (χ0v) is 14.8. The average molecular weight is 341 g/mol. The summed E-state index contributed by atoms with van der Waals surface area (Å²) in [6.45, 7) is 2.43. The van der Waals surface area contributed by atoms with E-state index in [1.54, 1.807) is 7.11 Å². The minimum absolute atomic E-state index is 0.556. The molecular weight excluding hydrogens is 314 g/mol. The fourth-order valence-corrected chi connectivity index (χ4v) is 3.44. The molecule has 2 aromatic carbocycles. The summed E-state index contributed by atoms with van der Waals surface area (Å²) in [5.74, 6) is 0.848. The summed E-state index contributed by atoms with van der Waals surface area (Å²) < 4.78 is 10.5. The number of benzene rings is 2. The van der Waals surface area contributed by atoms with Gasteiger partial charge in [0.2, 0.25) is 0 Å². The van der Waals surface area contributed by atoms with Crippen LogP contribution >= 0.6 is 0 Å². The second-order valence-electron chi connectivity index (χ2n) is 6.63. The van der Waals surface area contributed by atoms with Gasteiger partial charge < -0.3 is 19.9 Å². The lowest BCUT2D eigenvalue weighted by atomic mass is 9.79. The Morgan fingerprint density at radius 1 is 1.08 bits per heavy atom. The Balaban J connectivity index is 1.53. The molecule has 2 N–H and O–H groups in total. The van der Waals surface area contributed by atoms with Crippen molar-refractivity contribution in [2.75, 3.05) is 26.9 Å². The van der Waals surface area contributed by atoms with Gasteiger partial charge in [0.1, 0.15) is 18.0 Å². The van der Waals surface area contributed by atoms with Crippen LogP contribution in [0.1, 0.15) is 29.5 Å². The van der Waals surface area contributed by atoms with Crippen LogP contribution in [0.4, 0.5) is 0 Å². The summed E-state index contributed by atoms with van der Waals surface area (Å²) in [6, 6.07) is 16.3. The summed E-state index contributed by atoms with van der Waals surface area (Å²) in [4.78, 5) is 0. The first-order chi connectivity index (χ1) is 12.2. The van der Waals surface area contributed by atoms with Crippen LogP contribution in [-0.2, 0) is 23.3 Å². The van der Waals surface area contributed by atoms with E-state index in [0.29, 0.717) is 19.8 Å². The van der Waals surface area contributed by atoms with E-state index < -0.39 is 5.60 Å². The minimum Gasteiger partial charge on any atom is -0.491 e. The summed E-state index contributed by atoms with van der Waals surface area (Å²) in [6.07, 6.45) is 2.90. The molecule has 1 aliphatic rings. The van der Waals surface area contributed by atoms with Gasteiger partial charge in [-0.05, 0) is 48.1 Å². The lowest BCUT2D eigenvalue weighted by Gasteiger charge is -2.34. The van der Waals surface area contributed by atoms with Crippen molar-refractivity contribution in [3.63, 3.8) is 0 Å². The first-order valence-electron chi connectivity index (χ1n) is 8.93. The molecule has 0 aliphatic heterocycles. The second kappa shape index (κ2) is 8.48. The van der Waals surface area contributed by atoms with E-state index in [1.807, 2.05) is 36.4 Å². The van der Waals surface area contributed by atoms with Crippen molar-refractivity contribution in [2.24, 2.45) is 0 Å². The molecule has 4 nitrogen and oxygen atoms in total. The molecule has 25 heavy (non-hydrogen) atoms. The molecule has 4 heteroatoms. The Morgan fingerprint density at radius 3 is 2.68 bits per heavy atom. The highest BCUT2D eigenvalue weighted by molar-refractivity contribution is 5.35. The third-order valence-corrected chi connectivity index (χ3v) is 4.78. The molecular formula is C21H27NO3. The molecule has 2 aromatic rings. The van der Waals surface area contributed by atoms with Crippen LogP contribution in [0.3, 0.4) is 0 Å². The molecule has 0 amide bonds. The van der Waals surface area contributed by atoms with Crippen LogP contribution in [0.2, 0.25) is 0 Å². The summed E-state index contributed by atoms with van der Waals surface area (Å²) in [5, 5.41) is 14.5. The van der Waals surface area contributed by atoms with Crippen LogP contribution in [0.25, 0.3) is 0 Å². The third kappa shape index (κ3) is 4.60. The van der Waals surface area contributed by atoms with E-state index in [1.165, 1.54) is 11.1 Å². The molecule has 0 saturated carbocycles. The zero-order chi connectivity index (χ0) is 17.5. The lowest BCUT2D eigenvalue weighted by Crippen LogP contribution is -2.40. The molecule has 3 rings (SSSR count). The second-order valence-corrected chi connectivity index (χ2v) is 6.63. The maximum Gasteiger partial charge on any atom is 0.119 e. The third-order valence-electron chi connectivity index (χ3n) is 4.78. The van der Waals surface area contributed by atoms with E-state index in [-0.39, 0.29) is 0 Å².